The highest BCUT2D eigenvalue weighted by atomic mass is 16.5. The lowest BCUT2D eigenvalue weighted by Gasteiger charge is -2.44. The molecular formula is C22H32O5. The first kappa shape index (κ1) is 21.4. The Morgan fingerprint density at radius 3 is 2.37 bits per heavy atom. The van der Waals surface area contributed by atoms with Crippen LogP contribution in [-0.2, 0) is 23.9 Å². The van der Waals surface area contributed by atoms with E-state index in [0.29, 0.717) is 24.3 Å². The fourth-order valence-electron chi connectivity index (χ4n) is 4.78. The first-order valence-corrected chi connectivity index (χ1v) is 9.80. The van der Waals surface area contributed by atoms with Crippen molar-refractivity contribution < 1.29 is 23.9 Å². The molecule has 0 aliphatic heterocycles. The Morgan fingerprint density at radius 1 is 1.22 bits per heavy atom. The first-order chi connectivity index (χ1) is 12.6. The maximum absolute atomic E-state index is 12.8. The van der Waals surface area contributed by atoms with Crippen molar-refractivity contribution in [2.24, 2.45) is 29.6 Å². The number of hydrogen-bond donors (Lipinski definition) is 0. The van der Waals surface area contributed by atoms with E-state index in [1.807, 2.05) is 0 Å². The van der Waals surface area contributed by atoms with E-state index in [1.54, 1.807) is 26.8 Å². The molecule has 6 unspecified atom stereocenters. The smallest absolute Gasteiger partial charge is 0.333 e. The largest absolute Gasteiger partial charge is 0.462 e. The zero-order chi connectivity index (χ0) is 20.5. The summed E-state index contributed by atoms with van der Waals surface area (Å²) in [5.74, 6) is -0.380. The molecule has 6 atom stereocenters. The zero-order valence-electron chi connectivity index (χ0n) is 17.3. The molecule has 27 heavy (non-hydrogen) atoms. The van der Waals surface area contributed by atoms with E-state index in [-0.39, 0.29) is 47.5 Å². The van der Waals surface area contributed by atoms with E-state index in [1.165, 1.54) is 6.92 Å². The highest BCUT2D eigenvalue weighted by Gasteiger charge is 2.55. The second-order valence-electron chi connectivity index (χ2n) is 8.28. The minimum atomic E-state index is -0.455. The summed E-state index contributed by atoms with van der Waals surface area (Å²) in [5, 5.41) is 0. The Kier molecular flexibility index (Phi) is 6.66. The molecule has 0 spiro atoms. The van der Waals surface area contributed by atoms with Gasteiger partial charge in [-0.25, -0.2) is 4.79 Å². The lowest BCUT2D eigenvalue weighted by atomic mass is 9.63. The SMILES string of the molecule is C=C1C(OC(=O)/C(C)=C\C)CC(C(C)C)C2C1CC(=O)C2C(C)OC(C)=O. The van der Waals surface area contributed by atoms with Gasteiger partial charge in [0.15, 0.2) is 0 Å². The molecule has 0 bridgehead atoms. The van der Waals surface area contributed by atoms with E-state index in [4.69, 9.17) is 9.47 Å². The van der Waals surface area contributed by atoms with Gasteiger partial charge in [0.05, 0.1) is 5.92 Å². The summed E-state index contributed by atoms with van der Waals surface area (Å²) in [4.78, 5) is 36.5. The predicted octanol–water partition coefficient (Wildman–Crippen LogP) is 3.87. The Hall–Kier alpha value is -1.91. The molecule has 2 fully saturated rings. The number of ketones is 1. The Morgan fingerprint density at radius 2 is 1.85 bits per heavy atom. The van der Waals surface area contributed by atoms with Crippen LogP contribution in [0, 0.1) is 29.6 Å². The summed E-state index contributed by atoms with van der Waals surface area (Å²) in [6, 6.07) is 0. The van der Waals surface area contributed by atoms with E-state index in [9.17, 15) is 14.4 Å². The Labute approximate surface area is 162 Å². The van der Waals surface area contributed by atoms with Gasteiger partial charge in [0.1, 0.15) is 18.0 Å². The van der Waals surface area contributed by atoms with E-state index >= 15 is 0 Å². The molecule has 150 valence electrons. The molecule has 0 aromatic carbocycles. The number of carbonyl (C=O) groups excluding carboxylic acids is 3. The monoisotopic (exact) mass is 376 g/mol. The number of fused-ring (bicyclic) bond motifs is 1. The van der Waals surface area contributed by atoms with Crippen molar-refractivity contribution in [3.63, 3.8) is 0 Å². The molecule has 2 aliphatic carbocycles. The third-order valence-electron chi connectivity index (χ3n) is 6.26. The van der Waals surface area contributed by atoms with Crippen LogP contribution in [0.15, 0.2) is 23.8 Å². The summed E-state index contributed by atoms with van der Waals surface area (Å²) in [6.45, 7) is 15.2. The van der Waals surface area contributed by atoms with Crippen molar-refractivity contribution in [2.45, 2.75) is 66.6 Å². The van der Waals surface area contributed by atoms with Crippen LogP contribution in [-0.4, -0.2) is 29.9 Å². The predicted molar refractivity (Wildman–Crippen MR) is 103 cm³/mol. The van der Waals surface area contributed by atoms with Crippen molar-refractivity contribution in [3.8, 4) is 0 Å². The van der Waals surface area contributed by atoms with Crippen LogP contribution < -0.4 is 0 Å². The van der Waals surface area contributed by atoms with Crippen LogP contribution in [0.25, 0.3) is 0 Å². The number of rotatable bonds is 5. The molecule has 0 radical (unpaired) electrons. The molecule has 2 saturated carbocycles. The summed E-state index contributed by atoms with van der Waals surface area (Å²) in [7, 11) is 0. The molecule has 5 heteroatoms. The highest BCUT2D eigenvalue weighted by molar-refractivity contribution is 5.88. The molecule has 5 nitrogen and oxygen atoms in total. The van der Waals surface area contributed by atoms with Crippen LogP contribution in [0.2, 0.25) is 0 Å². The van der Waals surface area contributed by atoms with Gasteiger partial charge in [-0.2, -0.15) is 0 Å². The third-order valence-corrected chi connectivity index (χ3v) is 6.26. The van der Waals surface area contributed by atoms with Gasteiger partial charge in [-0.1, -0.05) is 26.5 Å². The zero-order valence-corrected chi connectivity index (χ0v) is 17.3. The van der Waals surface area contributed by atoms with Crippen LogP contribution in [0.1, 0.15) is 54.4 Å². The van der Waals surface area contributed by atoms with E-state index < -0.39 is 6.10 Å². The van der Waals surface area contributed by atoms with Gasteiger partial charge in [-0.15, -0.1) is 0 Å². The van der Waals surface area contributed by atoms with Gasteiger partial charge in [-0.05, 0) is 56.4 Å². The lowest BCUT2D eigenvalue weighted by Crippen LogP contribution is -2.44. The molecule has 2 aliphatic rings. The summed E-state index contributed by atoms with van der Waals surface area (Å²) in [6.07, 6.45) is 1.92. The second-order valence-corrected chi connectivity index (χ2v) is 8.28. The summed E-state index contributed by atoms with van der Waals surface area (Å²) < 4.78 is 11.1. The third kappa shape index (κ3) is 4.33. The average molecular weight is 376 g/mol. The average Bonchev–Trinajstić information content (AvgIpc) is 2.92. The topological polar surface area (TPSA) is 69.7 Å². The maximum atomic E-state index is 12.8. The van der Waals surface area contributed by atoms with Crippen molar-refractivity contribution in [3.05, 3.63) is 23.8 Å². The quantitative estimate of drug-likeness (QED) is 0.414. The molecule has 0 aromatic heterocycles. The fourth-order valence-corrected chi connectivity index (χ4v) is 4.78. The fraction of sp³-hybridized carbons (Fsp3) is 0.682. The van der Waals surface area contributed by atoms with Gasteiger partial charge >= 0.3 is 11.9 Å². The summed E-state index contributed by atoms with van der Waals surface area (Å²) in [5.41, 5.74) is 1.38. The normalized spacial score (nSPS) is 32.3. The molecule has 0 amide bonds. The van der Waals surface area contributed by atoms with Gasteiger partial charge in [0, 0.05) is 18.9 Å². The number of Topliss-reactive ketones (excluding diaryl/α,β-unsaturated/α-hetero) is 1. The number of carbonyl (C=O) groups is 3. The van der Waals surface area contributed by atoms with Crippen molar-refractivity contribution in [1.82, 2.24) is 0 Å². The van der Waals surface area contributed by atoms with E-state index in [2.05, 4.69) is 20.4 Å². The van der Waals surface area contributed by atoms with Crippen LogP contribution in [0.4, 0.5) is 0 Å². The maximum Gasteiger partial charge on any atom is 0.333 e. The van der Waals surface area contributed by atoms with Crippen LogP contribution in [0.3, 0.4) is 0 Å². The van der Waals surface area contributed by atoms with E-state index in [0.717, 1.165) is 5.57 Å². The van der Waals surface area contributed by atoms with Gasteiger partial charge in [0.2, 0.25) is 0 Å². The van der Waals surface area contributed by atoms with Gasteiger partial charge < -0.3 is 9.47 Å². The van der Waals surface area contributed by atoms with Crippen molar-refractivity contribution in [1.29, 1.82) is 0 Å². The number of esters is 2. The lowest BCUT2D eigenvalue weighted by molar-refractivity contribution is -0.153. The molecule has 0 saturated heterocycles. The van der Waals surface area contributed by atoms with Crippen LogP contribution in [0.5, 0.6) is 0 Å². The van der Waals surface area contributed by atoms with Gasteiger partial charge in [-0.3, -0.25) is 9.59 Å². The Bertz CT molecular complexity index is 660. The standard InChI is InChI=1S/C22H32O5/c1-8-12(4)22(25)27-19-10-16(11(2)3)21-17(13(19)5)9-18(24)20(21)14(6)26-15(7)23/h8,11,14,16-17,19-21H,5,9-10H2,1-4,6-7H3/b12-8-. The van der Waals surface area contributed by atoms with Crippen molar-refractivity contribution >= 4 is 17.7 Å². The molecular weight excluding hydrogens is 344 g/mol. The number of ether oxygens (including phenoxy) is 2. The van der Waals surface area contributed by atoms with Crippen LogP contribution >= 0.6 is 0 Å². The minimum absolute atomic E-state index is 0.0367. The summed E-state index contributed by atoms with van der Waals surface area (Å²) >= 11 is 0. The molecule has 0 heterocycles. The molecule has 0 N–H and O–H groups in total. The second kappa shape index (κ2) is 8.41. The molecule has 0 aromatic rings. The number of allylic oxidation sites excluding steroid dienone is 1. The van der Waals surface area contributed by atoms with Crippen molar-refractivity contribution in [2.75, 3.05) is 0 Å². The first-order valence-electron chi connectivity index (χ1n) is 9.80. The van der Waals surface area contributed by atoms with Gasteiger partial charge in [0.25, 0.3) is 0 Å². The highest BCUT2D eigenvalue weighted by Crippen LogP contribution is 2.53. The molecule has 2 rings (SSSR count). The Balaban J connectivity index is 2.30. The number of hydrogen-bond acceptors (Lipinski definition) is 5. The minimum Gasteiger partial charge on any atom is -0.462 e.